The zero-order valence-corrected chi connectivity index (χ0v) is 15.0. The van der Waals surface area contributed by atoms with Gasteiger partial charge in [-0.3, -0.25) is 4.79 Å². The Morgan fingerprint density at radius 1 is 1.15 bits per heavy atom. The molecule has 2 heterocycles. The molecule has 1 aliphatic heterocycles. The minimum atomic E-state index is -0.690. The number of aromatic nitrogens is 2. The molecule has 26 heavy (non-hydrogen) atoms. The van der Waals surface area contributed by atoms with Crippen molar-refractivity contribution in [1.82, 2.24) is 9.55 Å². The second-order valence-electron chi connectivity index (χ2n) is 7.07. The molecule has 0 bridgehead atoms. The number of amides is 1. The quantitative estimate of drug-likeness (QED) is 0.758. The fourth-order valence-corrected chi connectivity index (χ4v) is 3.57. The first kappa shape index (κ1) is 16.8. The number of imidazole rings is 1. The molecule has 1 unspecified atom stereocenters. The van der Waals surface area contributed by atoms with Gasteiger partial charge in [0.2, 0.25) is 5.91 Å². The van der Waals surface area contributed by atoms with Gasteiger partial charge in [-0.2, -0.15) is 0 Å². The van der Waals surface area contributed by atoms with E-state index in [9.17, 15) is 4.79 Å². The molecule has 5 nitrogen and oxygen atoms in total. The highest BCUT2D eigenvalue weighted by molar-refractivity contribution is 5.97. The van der Waals surface area contributed by atoms with Gasteiger partial charge >= 0.3 is 0 Å². The Bertz CT molecular complexity index is 943. The zero-order chi connectivity index (χ0) is 18.1. The van der Waals surface area contributed by atoms with Crippen LogP contribution in [-0.4, -0.2) is 15.5 Å². The molecule has 0 aliphatic carbocycles. The van der Waals surface area contributed by atoms with E-state index in [-0.39, 0.29) is 5.91 Å². The number of fused-ring (bicyclic) bond motifs is 3. The van der Waals surface area contributed by atoms with E-state index in [2.05, 4.69) is 9.88 Å². The highest BCUT2D eigenvalue weighted by atomic mass is 16.2. The van der Waals surface area contributed by atoms with Gasteiger partial charge in [0.25, 0.3) is 0 Å². The van der Waals surface area contributed by atoms with Crippen LogP contribution in [0.5, 0.6) is 0 Å². The van der Waals surface area contributed by atoms with E-state index in [1.54, 1.807) is 0 Å². The first-order valence-electron chi connectivity index (χ1n) is 9.24. The standard InChI is InChI=1S/C21H24N4O/c1-14-6-8-15(9-7-14)20(22)21(26)23-16-10-11-18-17(13-16)24-19-5-3-2-4-12-25(18)19/h6-11,13,20H,2-5,12,22H2,1H3,(H,23,26). The average Bonchev–Trinajstić information content (AvgIpc) is 2.82. The molecule has 3 aromatic rings. The van der Waals surface area contributed by atoms with Crippen LogP contribution in [0.2, 0.25) is 0 Å². The topological polar surface area (TPSA) is 72.9 Å². The van der Waals surface area contributed by atoms with E-state index in [1.807, 2.05) is 49.4 Å². The smallest absolute Gasteiger partial charge is 0.245 e. The fraction of sp³-hybridized carbons (Fsp3) is 0.333. The van der Waals surface area contributed by atoms with E-state index in [0.29, 0.717) is 0 Å². The largest absolute Gasteiger partial charge is 0.328 e. The lowest BCUT2D eigenvalue weighted by Crippen LogP contribution is -2.27. The van der Waals surface area contributed by atoms with Crippen molar-refractivity contribution in [2.75, 3.05) is 5.32 Å². The minimum absolute atomic E-state index is 0.214. The van der Waals surface area contributed by atoms with Gasteiger partial charge in [0, 0.05) is 18.7 Å². The van der Waals surface area contributed by atoms with Crippen molar-refractivity contribution < 1.29 is 4.79 Å². The lowest BCUT2D eigenvalue weighted by molar-refractivity contribution is -0.117. The summed E-state index contributed by atoms with van der Waals surface area (Å²) in [6, 6.07) is 13.0. The maximum absolute atomic E-state index is 12.5. The second-order valence-corrected chi connectivity index (χ2v) is 7.07. The zero-order valence-electron chi connectivity index (χ0n) is 15.0. The van der Waals surface area contributed by atoms with Gasteiger partial charge in [0.1, 0.15) is 11.9 Å². The number of nitrogens with zero attached hydrogens (tertiary/aromatic N) is 2. The Hall–Kier alpha value is -2.66. The molecular formula is C21H24N4O. The number of aryl methyl sites for hydroxylation is 3. The predicted molar refractivity (Wildman–Crippen MR) is 104 cm³/mol. The third-order valence-corrected chi connectivity index (χ3v) is 5.10. The second kappa shape index (κ2) is 6.92. The number of benzene rings is 2. The number of hydrogen-bond acceptors (Lipinski definition) is 3. The predicted octanol–water partition coefficient (Wildman–Crippen LogP) is 3.71. The third-order valence-electron chi connectivity index (χ3n) is 5.10. The van der Waals surface area contributed by atoms with Gasteiger partial charge in [-0.1, -0.05) is 36.2 Å². The van der Waals surface area contributed by atoms with Crippen LogP contribution < -0.4 is 11.1 Å². The minimum Gasteiger partial charge on any atom is -0.328 e. The number of nitrogens with two attached hydrogens (primary N) is 1. The molecule has 0 fully saturated rings. The summed E-state index contributed by atoms with van der Waals surface area (Å²) in [4.78, 5) is 17.3. The molecular weight excluding hydrogens is 324 g/mol. The van der Waals surface area contributed by atoms with Crippen LogP contribution >= 0.6 is 0 Å². The van der Waals surface area contributed by atoms with Crippen LogP contribution in [0.1, 0.15) is 42.3 Å². The van der Waals surface area contributed by atoms with Gasteiger partial charge < -0.3 is 15.6 Å². The summed E-state index contributed by atoms with van der Waals surface area (Å²) in [5.41, 5.74) is 10.9. The van der Waals surface area contributed by atoms with Gasteiger partial charge in [-0.15, -0.1) is 0 Å². The molecule has 4 rings (SSSR count). The SMILES string of the molecule is Cc1ccc(C(N)C(=O)Nc2ccc3c(c2)nc2n3CCCCC2)cc1. The highest BCUT2D eigenvalue weighted by Crippen LogP contribution is 2.25. The van der Waals surface area contributed by atoms with Gasteiger partial charge in [-0.25, -0.2) is 4.98 Å². The number of nitrogens with one attached hydrogen (secondary N) is 1. The molecule has 1 aromatic heterocycles. The third kappa shape index (κ3) is 3.22. The van der Waals surface area contributed by atoms with Crippen LogP contribution in [-0.2, 0) is 17.8 Å². The Morgan fingerprint density at radius 2 is 1.96 bits per heavy atom. The average molecular weight is 348 g/mol. The van der Waals surface area contributed by atoms with Crippen molar-refractivity contribution >= 4 is 22.6 Å². The van der Waals surface area contributed by atoms with E-state index in [1.165, 1.54) is 19.3 Å². The number of anilines is 1. The normalized spacial score (nSPS) is 15.3. The molecule has 1 amide bonds. The number of rotatable bonds is 3. The number of hydrogen-bond donors (Lipinski definition) is 2. The summed E-state index contributed by atoms with van der Waals surface area (Å²) in [7, 11) is 0. The Balaban J connectivity index is 1.55. The lowest BCUT2D eigenvalue weighted by atomic mass is 10.1. The summed E-state index contributed by atoms with van der Waals surface area (Å²) in [5, 5.41) is 2.93. The van der Waals surface area contributed by atoms with Gasteiger partial charge in [0.05, 0.1) is 11.0 Å². The summed E-state index contributed by atoms with van der Waals surface area (Å²) < 4.78 is 2.31. The molecule has 0 radical (unpaired) electrons. The van der Waals surface area contributed by atoms with Crippen molar-refractivity contribution in [1.29, 1.82) is 0 Å². The van der Waals surface area contributed by atoms with Crippen LogP contribution in [0, 0.1) is 6.92 Å². The molecule has 0 saturated carbocycles. The summed E-state index contributed by atoms with van der Waals surface area (Å²) in [6.45, 7) is 3.03. The fourth-order valence-electron chi connectivity index (χ4n) is 3.57. The number of carbonyl (C=O) groups excluding carboxylic acids is 1. The van der Waals surface area contributed by atoms with Crippen molar-refractivity contribution in [2.45, 2.75) is 45.2 Å². The summed E-state index contributed by atoms with van der Waals surface area (Å²) in [6.07, 6.45) is 4.67. The van der Waals surface area contributed by atoms with E-state index in [0.717, 1.165) is 46.6 Å². The molecule has 0 saturated heterocycles. The highest BCUT2D eigenvalue weighted by Gasteiger charge is 2.17. The molecule has 3 N–H and O–H groups in total. The Morgan fingerprint density at radius 3 is 2.77 bits per heavy atom. The number of carbonyl (C=O) groups is 1. The van der Waals surface area contributed by atoms with Crippen LogP contribution in [0.3, 0.4) is 0 Å². The van der Waals surface area contributed by atoms with Crippen molar-refractivity contribution in [3.63, 3.8) is 0 Å². The maximum atomic E-state index is 12.5. The van der Waals surface area contributed by atoms with E-state index >= 15 is 0 Å². The van der Waals surface area contributed by atoms with Crippen LogP contribution in [0.4, 0.5) is 5.69 Å². The van der Waals surface area contributed by atoms with Crippen molar-refractivity contribution in [2.24, 2.45) is 5.73 Å². The molecule has 2 aromatic carbocycles. The lowest BCUT2D eigenvalue weighted by Gasteiger charge is -2.13. The van der Waals surface area contributed by atoms with Crippen LogP contribution in [0.15, 0.2) is 42.5 Å². The maximum Gasteiger partial charge on any atom is 0.245 e. The molecule has 5 heteroatoms. The van der Waals surface area contributed by atoms with Crippen molar-refractivity contribution in [3.05, 3.63) is 59.4 Å². The molecule has 1 aliphatic rings. The van der Waals surface area contributed by atoms with E-state index in [4.69, 9.17) is 10.7 Å². The molecule has 0 spiro atoms. The Kier molecular flexibility index (Phi) is 4.47. The van der Waals surface area contributed by atoms with Crippen LogP contribution in [0.25, 0.3) is 11.0 Å². The summed E-state index contributed by atoms with van der Waals surface area (Å²) >= 11 is 0. The molecule has 134 valence electrons. The monoisotopic (exact) mass is 348 g/mol. The Labute approximate surface area is 153 Å². The van der Waals surface area contributed by atoms with Gasteiger partial charge in [-0.05, 0) is 43.5 Å². The van der Waals surface area contributed by atoms with E-state index < -0.39 is 6.04 Å². The van der Waals surface area contributed by atoms with Gasteiger partial charge in [0.15, 0.2) is 0 Å². The summed E-state index contributed by atoms with van der Waals surface area (Å²) in [5.74, 6) is 0.936. The first-order chi connectivity index (χ1) is 12.6. The van der Waals surface area contributed by atoms with Crippen molar-refractivity contribution in [3.8, 4) is 0 Å². The molecule has 1 atom stereocenters. The first-order valence-corrected chi connectivity index (χ1v) is 9.24.